The Bertz CT molecular complexity index is 1510. The van der Waals surface area contributed by atoms with Crippen LogP contribution in [0.5, 0.6) is 0 Å². The quantitative estimate of drug-likeness (QED) is 0.162. The first-order chi connectivity index (χ1) is 22.3. The van der Waals surface area contributed by atoms with Gasteiger partial charge in [0.05, 0.1) is 0 Å². The maximum absolute atomic E-state index is 14.4. The molecular weight excluding hydrogens is 628 g/mol. The van der Waals surface area contributed by atoms with Crippen molar-refractivity contribution in [2.24, 2.45) is 0 Å². The van der Waals surface area contributed by atoms with Gasteiger partial charge in [0.1, 0.15) is 18.7 Å². The summed E-state index contributed by atoms with van der Waals surface area (Å²) in [5.41, 5.74) is 1.63. The van der Waals surface area contributed by atoms with E-state index in [-0.39, 0.29) is 6.61 Å². The fourth-order valence-corrected chi connectivity index (χ4v) is 4.95. The molecule has 5 rings (SSSR count). The second-order valence-corrected chi connectivity index (χ2v) is 10.9. The van der Waals surface area contributed by atoms with E-state index in [0.717, 1.165) is 10.5 Å². The van der Waals surface area contributed by atoms with Crippen LogP contribution < -0.4 is 0 Å². The molecule has 2 fully saturated rings. The fraction of sp³-hybridized carbons (Fsp3) is 0.333. The molecule has 0 aromatic heterocycles. The first kappa shape index (κ1) is 34.7. The second-order valence-electron chi connectivity index (χ2n) is 10.9. The molecule has 1 N–H and O–H groups in total. The number of hydrogen-bond donors (Lipinski definition) is 1. The predicted molar refractivity (Wildman–Crippen MR) is 157 cm³/mol. The Hall–Kier alpha value is -5.14. The number of carbonyl (C=O) groups excluding carboxylic acids is 3. The Labute approximate surface area is 267 Å². The van der Waals surface area contributed by atoms with Gasteiger partial charge in [0.2, 0.25) is 0 Å². The zero-order valence-corrected chi connectivity index (χ0v) is 25.0. The zero-order valence-electron chi connectivity index (χ0n) is 25.0. The van der Waals surface area contributed by atoms with Crippen LogP contribution in [0.2, 0.25) is 0 Å². The molecule has 2 aliphatic heterocycles. The topological polar surface area (TPSA) is 123 Å². The molecule has 0 unspecified atom stereocenters. The van der Waals surface area contributed by atoms with Crippen LogP contribution in [-0.4, -0.2) is 76.4 Å². The highest BCUT2D eigenvalue weighted by Gasteiger charge is 2.46. The number of carbonyl (C=O) groups is 4. The van der Waals surface area contributed by atoms with Crippen LogP contribution in [-0.2, 0) is 43.2 Å². The molecule has 14 heteroatoms. The molecular formula is C33H32F4N2O8. The Morgan fingerprint density at radius 2 is 1.06 bits per heavy atom. The van der Waals surface area contributed by atoms with E-state index in [0.29, 0.717) is 16.0 Å². The van der Waals surface area contributed by atoms with Gasteiger partial charge in [0.15, 0.2) is 13.5 Å². The average Bonchev–Trinajstić information content (AvgIpc) is 3.58. The number of nitrogens with zero attached hydrogens (tertiary/aromatic N) is 2. The van der Waals surface area contributed by atoms with Gasteiger partial charge in [-0.2, -0.15) is 0 Å². The number of rotatable bonds is 10. The van der Waals surface area contributed by atoms with Crippen molar-refractivity contribution in [3.63, 3.8) is 0 Å². The third-order valence-electron chi connectivity index (χ3n) is 7.27. The lowest BCUT2D eigenvalue weighted by Gasteiger charge is -2.24. The van der Waals surface area contributed by atoms with Crippen molar-refractivity contribution >= 4 is 24.1 Å². The minimum absolute atomic E-state index is 0.0164. The summed E-state index contributed by atoms with van der Waals surface area (Å²) in [6.45, 7) is -0.906. The Morgan fingerprint density at radius 3 is 1.49 bits per heavy atom. The van der Waals surface area contributed by atoms with Crippen molar-refractivity contribution < 1.29 is 56.1 Å². The zero-order chi connectivity index (χ0) is 34.0. The van der Waals surface area contributed by atoms with Crippen LogP contribution in [0.4, 0.5) is 27.2 Å². The largest absolute Gasteiger partial charge is 0.465 e. The van der Waals surface area contributed by atoms with Gasteiger partial charge in [0.25, 0.3) is 11.8 Å². The van der Waals surface area contributed by atoms with Crippen LogP contribution in [0.1, 0.15) is 29.5 Å². The van der Waals surface area contributed by atoms with Crippen LogP contribution in [0.25, 0.3) is 0 Å². The normalized spacial score (nSPS) is 17.8. The van der Waals surface area contributed by atoms with Crippen molar-refractivity contribution in [2.75, 3.05) is 13.5 Å². The third kappa shape index (κ3) is 10.2. The Morgan fingerprint density at radius 1 is 0.681 bits per heavy atom. The minimum Gasteiger partial charge on any atom is -0.465 e. The number of benzene rings is 3. The lowest BCUT2D eigenvalue weighted by Crippen LogP contribution is -2.42. The molecule has 2 heterocycles. The lowest BCUT2D eigenvalue weighted by atomic mass is 10.0. The summed E-state index contributed by atoms with van der Waals surface area (Å²) in [5.74, 6) is -8.14. The van der Waals surface area contributed by atoms with Crippen LogP contribution in [0.15, 0.2) is 91.0 Å². The summed E-state index contributed by atoms with van der Waals surface area (Å²) in [6, 6.07) is 22.5. The van der Waals surface area contributed by atoms with Crippen LogP contribution in [0.3, 0.4) is 0 Å². The van der Waals surface area contributed by atoms with Crippen molar-refractivity contribution in [1.29, 1.82) is 0 Å². The van der Waals surface area contributed by atoms with Gasteiger partial charge < -0.3 is 19.3 Å². The van der Waals surface area contributed by atoms with Gasteiger partial charge in [0, 0.05) is 25.7 Å². The maximum atomic E-state index is 14.4. The van der Waals surface area contributed by atoms with Gasteiger partial charge in [-0.05, 0) is 16.7 Å². The number of amides is 2. The van der Waals surface area contributed by atoms with E-state index in [4.69, 9.17) is 14.6 Å². The van der Waals surface area contributed by atoms with E-state index in [9.17, 15) is 36.7 Å². The van der Waals surface area contributed by atoms with Gasteiger partial charge >= 0.3 is 24.1 Å². The number of cyclic esters (lactones) is 2. The number of ether oxygens (including phenoxy) is 3. The van der Waals surface area contributed by atoms with E-state index >= 15 is 0 Å². The third-order valence-corrected chi connectivity index (χ3v) is 7.27. The van der Waals surface area contributed by atoms with Crippen LogP contribution >= 0.6 is 0 Å². The molecule has 2 aliphatic rings. The summed E-state index contributed by atoms with van der Waals surface area (Å²) in [4.78, 5) is 47.8. The molecule has 0 bridgehead atoms. The Balaban J connectivity index is 0.000000223. The fourth-order valence-electron chi connectivity index (χ4n) is 4.95. The van der Waals surface area contributed by atoms with Gasteiger partial charge in [-0.15, -0.1) is 0 Å². The molecule has 250 valence electrons. The summed E-state index contributed by atoms with van der Waals surface area (Å²) < 4.78 is 71.2. The number of esters is 2. The van der Waals surface area contributed by atoms with Gasteiger partial charge in [-0.1, -0.05) is 91.0 Å². The van der Waals surface area contributed by atoms with Crippen molar-refractivity contribution in [3.8, 4) is 0 Å². The van der Waals surface area contributed by atoms with Gasteiger partial charge in [-0.25, -0.2) is 36.7 Å². The number of halogens is 4. The summed E-state index contributed by atoms with van der Waals surface area (Å²) in [7, 11) is 0. The monoisotopic (exact) mass is 660 g/mol. The van der Waals surface area contributed by atoms with E-state index in [1.165, 1.54) is 0 Å². The summed E-state index contributed by atoms with van der Waals surface area (Å²) in [6.07, 6.45) is -5.08. The molecule has 0 aliphatic carbocycles. The van der Waals surface area contributed by atoms with Crippen molar-refractivity contribution in [3.05, 3.63) is 108 Å². The van der Waals surface area contributed by atoms with Crippen LogP contribution in [0, 0.1) is 0 Å². The molecule has 2 atom stereocenters. The highest BCUT2D eigenvalue weighted by Crippen LogP contribution is 2.31. The maximum Gasteiger partial charge on any atom is 0.413 e. The van der Waals surface area contributed by atoms with E-state index in [1.807, 2.05) is 6.07 Å². The summed E-state index contributed by atoms with van der Waals surface area (Å²) in [5, 5.41) is 8.84. The predicted octanol–water partition coefficient (Wildman–Crippen LogP) is 5.89. The first-order valence-electron chi connectivity index (χ1n) is 14.5. The Kier molecular flexibility index (Phi) is 11.4. The first-order valence-corrected chi connectivity index (χ1v) is 14.5. The van der Waals surface area contributed by atoms with E-state index < -0.39 is 87.2 Å². The van der Waals surface area contributed by atoms with Gasteiger partial charge in [-0.3, -0.25) is 9.80 Å². The van der Waals surface area contributed by atoms with E-state index in [2.05, 4.69) is 4.74 Å². The minimum atomic E-state index is -3.19. The average molecular weight is 661 g/mol. The standard InChI is InChI=1S/C20H19F2NO4.C13H13F2NO4/c21-20(22,11-15-7-3-1-4-8-15)12-17-18(24)27-14-23(17)19(25)26-13-16-9-5-2-6-10-16;14-13(15,6-9-4-2-1-3-5-9)7-10-11(17)20-8-16(10)12(18)19/h1-10,17H,11-14H2;1-5,10H,6-8H2,(H,18,19)/t17-;10-/m00/s1. The molecule has 3 aromatic rings. The van der Waals surface area contributed by atoms with Crippen molar-refractivity contribution in [2.45, 2.75) is 56.2 Å². The molecule has 3 aromatic carbocycles. The van der Waals surface area contributed by atoms with Crippen molar-refractivity contribution in [1.82, 2.24) is 9.80 Å². The SMILES string of the molecule is O=C1OCN(C(=O)O)[C@H]1CC(F)(F)Cc1ccccc1.O=C1OCN(C(=O)OCc2ccccc2)[C@H]1CC(F)(F)Cc1ccccc1. The number of alkyl halides is 4. The molecule has 0 spiro atoms. The van der Waals surface area contributed by atoms with E-state index in [1.54, 1.807) is 84.9 Å². The molecule has 47 heavy (non-hydrogen) atoms. The number of hydrogen-bond acceptors (Lipinski definition) is 7. The smallest absolute Gasteiger partial charge is 0.413 e. The molecule has 0 saturated carbocycles. The molecule has 0 radical (unpaired) electrons. The number of carboxylic acid groups (broad SMARTS) is 1. The molecule has 10 nitrogen and oxygen atoms in total. The molecule has 2 amide bonds. The highest BCUT2D eigenvalue weighted by atomic mass is 19.3. The lowest BCUT2D eigenvalue weighted by molar-refractivity contribution is -0.141. The highest BCUT2D eigenvalue weighted by molar-refractivity contribution is 5.84. The second kappa shape index (κ2) is 15.4. The summed E-state index contributed by atoms with van der Waals surface area (Å²) >= 11 is 0. The molecule has 2 saturated heterocycles.